The van der Waals surface area contributed by atoms with Gasteiger partial charge in [-0.1, -0.05) is 6.07 Å². The number of halogens is 1. The van der Waals surface area contributed by atoms with Crippen LogP contribution in [-0.2, 0) is 13.0 Å². The van der Waals surface area contributed by atoms with E-state index < -0.39 is 0 Å². The smallest absolute Gasteiger partial charge is 0.191 e. The number of benzene rings is 1. The SMILES string of the molecule is CCNC(=NCc1ccccn1)NCCc1ccn(-c2ccc(F)cc2)n1. The third kappa shape index (κ3) is 5.64. The normalized spacial score (nSPS) is 11.4. The summed E-state index contributed by atoms with van der Waals surface area (Å²) in [4.78, 5) is 8.82. The molecule has 3 rings (SSSR count). The molecule has 0 saturated heterocycles. The van der Waals surface area contributed by atoms with Crippen LogP contribution in [0.1, 0.15) is 18.3 Å². The van der Waals surface area contributed by atoms with E-state index in [1.807, 2.05) is 37.4 Å². The van der Waals surface area contributed by atoms with Gasteiger partial charge in [0, 0.05) is 31.9 Å². The molecule has 0 aliphatic carbocycles. The Morgan fingerprint density at radius 1 is 1.07 bits per heavy atom. The van der Waals surface area contributed by atoms with E-state index >= 15 is 0 Å². The van der Waals surface area contributed by atoms with E-state index in [9.17, 15) is 4.39 Å². The molecule has 0 amide bonds. The summed E-state index contributed by atoms with van der Waals surface area (Å²) in [7, 11) is 0. The van der Waals surface area contributed by atoms with Gasteiger partial charge in [0.05, 0.1) is 23.6 Å². The number of nitrogens with zero attached hydrogens (tertiary/aromatic N) is 4. The maximum Gasteiger partial charge on any atom is 0.191 e. The third-order valence-electron chi connectivity index (χ3n) is 3.88. The van der Waals surface area contributed by atoms with Crippen molar-refractivity contribution in [2.24, 2.45) is 4.99 Å². The van der Waals surface area contributed by atoms with Gasteiger partial charge in [-0.2, -0.15) is 5.10 Å². The van der Waals surface area contributed by atoms with Crippen LogP contribution >= 0.6 is 0 Å². The molecule has 2 heterocycles. The topological polar surface area (TPSA) is 67.1 Å². The number of aromatic nitrogens is 3. The van der Waals surface area contributed by atoms with E-state index in [4.69, 9.17) is 0 Å². The van der Waals surface area contributed by atoms with Crippen molar-refractivity contribution in [1.82, 2.24) is 25.4 Å². The molecule has 0 fully saturated rings. The molecular weight excluding hydrogens is 343 g/mol. The zero-order valence-electron chi connectivity index (χ0n) is 15.3. The van der Waals surface area contributed by atoms with E-state index in [-0.39, 0.29) is 5.82 Å². The highest BCUT2D eigenvalue weighted by molar-refractivity contribution is 5.79. The van der Waals surface area contributed by atoms with Crippen molar-refractivity contribution in [3.63, 3.8) is 0 Å². The molecule has 0 saturated carbocycles. The first-order chi connectivity index (χ1) is 13.2. The Balaban J connectivity index is 1.53. The summed E-state index contributed by atoms with van der Waals surface area (Å²) in [5.41, 5.74) is 2.71. The van der Waals surface area contributed by atoms with Crippen LogP contribution in [0.3, 0.4) is 0 Å². The number of nitrogens with one attached hydrogen (secondary N) is 2. The van der Waals surface area contributed by atoms with Crippen LogP contribution in [0.5, 0.6) is 0 Å². The van der Waals surface area contributed by atoms with Gasteiger partial charge >= 0.3 is 0 Å². The molecule has 0 unspecified atom stereocenters. The van der Waals surface area contributed by atoms with Crippen LogP contribution in [-0.4, -0.2) is 33.8 Å². The van der Waals surface area contributed by atoms with Crippen molar-refractivity contribution in [2.45, 2.75) is 19.9 Å². The lowest BCUT2D eigenvalue weighted by Crippen LogP contribution is -2.38. The predicted octanol–water partition coefficient (Wildman–Crippen LogP) is 2.70. The number of hydrogen-bond donors (Lipinski definition) is 2. The fourth-order valence-corrected chi connectivity index (χ4v) is 2.54. The maximum atomic E-state index is 13.0. The minimum absolute atomic E-state index is 0.253. The highest BCUT2D eigenvalue weighted by Crippen LogP contribution is 2.09. The number of hydrogen-bond acceptors (Lipinski definition) is 3. The van der Waals surface area contributed by atoms with E-state index in [2.05, 4.69) is 25.7 Å². The van der Waals surface area contributed by atoms with Gasteiger partial charge in [-0.3, -0.25) is 4.98 Å². The van der Waals surface area contributed by atoms with Crippen LogP contribution in [0.15, 0.2) is 65.9 Å². The Labute approximate surface area is 158 Å². The minimum atomic E-state index is -0.253. The Morgan fingerprint density at radius 2 is 1.93 bits per heavy atom. The van der Waals surface area contributed by atoms with Gasteiger partial charge in [0.1, 0.15) is 5.82 Å². The molecule has 6 nitrogen and oxygen atoms in total. The van der Waals surface area contributed by atoms with Gasteiger partial charge in [-0.05, 0) is 49.4 Å². The second kappa shape index (κ2) is 9.47. The maximum absolute atomic E-state index is 13.0. The third-order valence-corrected chi connectivity index (χ3v) is 3.88. The Kier molecular flexibility index (Phi) is 6.51. The summed E-state index contributed by atoms with van der Waals surface area (Å²) >= 11 is 0. The molecule has 0 spiro atoms. The lowest BCUT2D eigenvalue weighted by molar-refractivity contribution is 0.627. The second-order valence-electron chi connectivity index (χ2n) is 5.92. The molecule has 0 aliphatic heterocycles. The van der Waals surface area contributed by atoms with Crippen molar-refractivity contribution < 1.29 is 4.39 Å². The number of guanidine groups is 1. The van der Waals surface area contributed by atoms with Crippen LogP contribution in [0, 0.1) is 5.82 Å². The summed E-state index contributed by atoms with van der Waals surface area (Å²) in [5, 5.41) is 11.1. The van der Waals surface area contributed by atoms with Gasteiger partial charge in [-0.15, -0.1) is 0 Å². The molecule has 0 atom stereocenters. The number of rotatable bonds is 7. The molecule has 7 heteroatoms. The minimum Gasteiger partial charge on any atom is -0.357 e. The fourth-order valence-electron chi connectivity index (χ4n) is 2.54. The first-order valence-corrected chi connectivity index (χ1v) is 8.97. The van der Waals surface area contributed by atoms with Crippen molar-refractivity contribution in [1.29, 1.82) is 0 Å². The monoisotopic (exact) mass is 366 g/mol. The van der Waals surface area contributed by atoms with Crippen LogP contribution < -0.4 is 10.6 Å². The van der Waals surface area contributed by atoms with Gasteiger partial charge in [0.25, 0.3) is 0 Å². The fraction of sp³-hybridized carbons (Fsp3) is 0.250. The Morgan fingerprint density at radius 3 is 2.67 bits per heavy atom. The largest absolute Gasteiger partial charge is 0.357 e. The van der Waals surface area contributed by atoms with Crippen molar-refractivity contribution in [3.8, 4) is 5.69 Å². The van der Waals surface area contributed by atoms with Gasteiger partial charge in [0.15, 0.2) is 5.96 Å². The molecule has 0 bridgehead atoms. The molecule has 0 radical (unpaired) electrons. The Hall–Kier alpha value is -3.22. The molecule has 140 valence electrons. The molecule has 2 aromatic heterocycles. The summed E-state index contributed by atoms with van der Waals surface area (Å²) < 4.78 is 14.8. The van der Waals surface area contributed by atoms with Crippen molar-refractivity contribution in [2.75, 3.05) is 13.1 Å². The molecule has 0 aliphatic rings. The number of pyridine rings is 1. The van der Waals surface area contributed by atoms with Crippen LogP contribution in [0.4, 0.5) is 4.39 Å². The van der Waals surface area contributed by atoms with Gasteiger partial charge < -0.3 is 10.6 Å². The molecule has 2 N–H and O–H groups in total. The Bertz CT molecular complexity index is 858. The zero-order chi connectivity index (χ0) is 18.9. The molecule has 1 aromatic carbocycles. The standard InChI is InChI=1S/C20H23FN6/c1-2-22-20(25-15-18-5-3-4-12-23-18)24-13-10-17-11-14-27(26-17)19-8-6-16(21)7-9-19/h3-9,11-12,14H,2,10,13,15H2,1H3,(H2,22,24,25). The van der Waals surface area contributed by atoms with Crippen LogP contribution in [0.2, 0.25) is 0 Å². The predicted molar refractivity (Wildman–Crippen MR) is 104 cm³/mol. The van der Waals surface area contributed by atoms with Gasteiger partial charge in [0.2, 0.25) is 0 Å². The first-order valence-electron chi connectivity index (χ1n) is 8.97. The van der Waals surface area contributed by atoms with E-state index in [0.29, 0.717) is 13.1 Å². The average molecular weight is 366 g/mol. The summed E-state index contributed by atoms with van der Waals surface area (Å²) in [6, 6.07) is 14.0. The summed E-state index contributed by atoms with van der Waals surface area (Å²) in [6.45, 7) is 4.04. The molecule has 27 heavy (non-hydrogen) atoms. The highest BCUT2D eigenvalue weighted by Gasteiger charge is 2.03. The van der Waals surface area contributed by atoms with E-state index in [1.54, 1.807) is 23.0 Å². The quantitative estimate of drug-likeness (QED) is 0.498. The van der Waals surface area contributed by atoms with E-state index in [0.717, 1.165) is 36.0 Å². The van der Waals surface area contributed by atoms with Crippen molar-refractivity contribution >= 4 is 5.96 Å². The molecular formula is C20H23FN6. The lowest BCUT2D eigenvalue weighted by atomic mass is 10.3. The average Bonchev–Trinajstić information content (AvgIpc) is 3.16. The summed E-state index contributed by atoms with van der Waals surface area (Å²) in [5.74, 6) is 0.498. The highest BCUT2D eigenvalue weighted by atomic mass is 19.1. The first kappa shape index (κ1) is 18.6. The van der Waals surface area contributed by atoms with Gasteiger partial charge in [-0.25, -0.2) is 14.1 Å². The molecule has 3 aromatic rings. The van der Waals surface area contributed by atoms with Crippen molar-refractivity contribution in [3.05, 3.63) is 78.1 Å². The number of aliphatic imine (C=N–C) groups is 1. The lowest BCUT2D eigenvalue weighted by Gasteiger charge is -2.10. The second-order valence-corrected chi connectivity index (χ2v) is 5.92. The summed E-state index contributed by atoms with van der Waals surface area (Å²) in [6.07, 6.45) is 4.40. The zero-order valence-corrected chi connectivity index (χ0v) is 15.3. The van der Waals surface area contributed by atoms with E-state index in [1.165, 1.54) is 12.1 Å². The van der Waals surface area contributed by atoms with Crippen LogP contribution in [0.25, 0.3) is 5.69 Å².